The normalized spacial score (nSPS) is 48.0. The third kappa shape index (κ3) is 4.20. The van der Waals surface area contributed by atoms with Gasteiger partial charge in [-0.3, -0.25) is 4.79 Å². The number of aliphatic hydroxyl groups is 1. The van der Waals surface area contributed by atoms with E-state index in [1.165, 1.54) is 51.9 Å². The molecule has 0 aromatic carbocycles. The lowest BCUT2D eigenvalue weighted by atomic mass is 9.41. The molecule has 4 saturated carbocycles. The summed E-state index contributed by atoms with van der Waals surface area (Å²) < 4.78 is 5.58. The summed E-state index contributed by atoms with van der Waals surface area (Å²) in [6.07, 6.45) is 11.9. The highest BCUT2D eigenvalue weighted by Crippen LogP contribution is 2.68. The van der Waals surface area contributed by atoms with Crippen LogP contribution in [0.1, 0.15) is 112 Å². The molecule has 4 nitrogen and oxygen atoms in total. The average Bonchev–Trinajstić information content (AvgIpc) is 3.07. The maximum absolute atomic E-state index is 11.6. The quantitative estimate of drug-likeness (QED) is 0.469. The van der Waals surface area contributed by atoms with Crippen molar-refractivity contribution in [3.63, 3.8) is 0 Å². The van der Waals surface area contributed by atoms with E-state index in [2.05, 4.69) is 34.6 Å². The topological polar surface area (TPSA) is 72.5 Å². The summed E-state index contributed by atoms with van der Waals surface area (Å²) in [5.74, 6) is 4.07. The van der Waals surface area contributed by atoms with E-state index < -0.39 is 11.6 Å². The third-order valence-corrected chi connectivity index (χ3v) is 11.5. The number of hydrogen-bond acceptors (Lipinski definition) is 4. The van der Waals surface area contributed by atoms with Gasteiger partial charge >= 0.3 is 5.97 Å². The third-order valence-electron chi connectivity index (χ3n) is 11.5. The lowest BCUT2D eigenvalue weighted by molar-refractivity contribution is -0.192. The molecule has 4 rings (SSSR count). The van der Waals surface area contributed by atoms with Gasteiger partial charge in [0.15, 0.2) is 0 Å². The van der Waals surface area contributed by atoms with Gasteiger partial charge < -0.3 is 15.6 Å². The Morgan fingerprint density at radius 3 is 2.45 bits per heavy atom. The number of carbonyl (C=O) groups excluding carboxylic acids is 1. The zero-order valence-electron chi connectivity index (χ0n) is 22.2. The summed E-state index contributed by atoms with van der Waals surface area (Å²) in [6, 6.07) is 0. The van der Waals surface area contributed by atoms with Crippen LogP contribution in [0.2, 0.25) is 0 Å². The molecule has 0 heterocycles. The fourth-order valence-electron chi connectivity index (χ4n) is 9.69. The van der Waals surface area contributed by atoms with E-state index in [9.17, 15) is 9.90 Å². The van der Waals surface area contributed by atoms with Crippen molar-refractivity contribution in [2.24, 2.45) is 52.1 Å². The number of rotatable bonds is 6. The number of carbonyl (C=O) groups is 1. The molecule has 10 atom stereocenters. The van der Waals surface area contributed by atoms with Gasteiger partial charge in [0.2, 0.25) is 0 Å². The molecule has 0 saturated heterocycles. The second-order valence-corrected chi connectivity index (χ2v) is 13.6. The molecule has 190 valence electrons. The maximum Gasteiger partial charge on any atom is 0.302 e. The molecule has 0 bridgehead atoms. The van der Waals surface area contributed by atoms with Crippen LogP contribution >= 0.6 is 0 Å². The molecule has 0 amide bonds. The Hall–Kier alpha value is -0.610. The van der Waals surface area contributed by atoms with Crippen molar-refractivity contribution < 1.29 is 14.6 Å². The Morgan fingerprint density at radius 1 is 1.06 bits per heavy atom. The number of aliphatic hydroxyl groups excluding tert-OH is 1. The molecule has 0 unspecified atom stereocenters. The lowest BCUT2D eigenvalue weighted by Gasteiger charge is -2.66. The number of esters is 1. The molecular formula is C29H51NO3. The molecule has 0 spiro atoms. The Kier molecular flexibility index (Phi) is 7.04. The number of ether oxygens (including phenoxy) is 1. The zero-order chi connectivity index (χ0) is 24.2. The molecule has 3 N–H and O–H groups in total. The second kappa shape index (κ2) is 9.12. The minimum Gasteiger partial charge on any atom is -0.462 e. The molecule has 0 aromatic rings. The molecule has 4 heteroatoms. The lowest BCUT2D eigenvalue weighted by Crippen LogP contribution is -2.73. The number of fused-ring (bicyclic) bond motifs is 5. The van der Waals surface area contributed by atoms with Crippen LogP contribution in [0, 0.1) is 46.3 Å². The van der Waals surface area contributed by atoms with E-state index in [-0.39, 0.29) is 17.5 Å². The smallest absolute Gasteiger partial charge is 0.302 e. The zero-order valence-corrected chi connectivity index (χ0v) is 22.2. The van der Waals surface area contributed by atoms with Gasteiger partial charge in [-0.1, -0.05) is 53.9 Å². The monoisotopic (exact) mass is 461 g/mol. The molecule has 0 aliphatic heterocycles. The Balaban J connectivity index is 1.51. The first-order valence-corrected chi connectivity index (χ1v) is 14.1. The first kappa shape index (κ1) is 25.5. The van der Waals surface area contributed by atoms with Gasteiger partial charge in [0.25, 0.3) is 0 Å². The predicted octanol–water partition coefficient (Wildman–Crippen LogP) is 6.09. The van der Waals surface area contributed by atoms with Gasteiger partial charge in [0.05, 0.1) is 11.6 Å². The molecular weight excluding hydrogens is 410 g/mol. The van der Waals surface area contributed by atoms with Crippen LogP contribution in [0.25, 0.3) is 0 Å². The Bertz CT molecular complexity index is 724. The maximum atomic E-state index is 11.6. The predicted molar refractivity (Wildman–Crippen MR) is 133 cm³/mol. The van der Waals surface area contributed by atoms with Gasteiger partial charge in [-0.05, 0) is 91.3 Å². The van der Waals surface area contributed by atoms with Crippen LogP contribution in [0.15, 0.2) is 0 Å². The van der Waals surface area contributed by atoms with Crippen LogP contribution in [0.3, 0.4) is 0 Å². The van der Waals surface area contributed by atoms with E-state index in [0.29, 0.717) is 23.7 Å². The van der Waals surface area contributed by atoms with Crippen molar-refractivity contribution in [3.05, 3.63) is 0 Å². The minimum absolute atomic E-state index is 0.0751. The average molecular weight is 462 g/mol. The first-order valence-electron chi connectivity index (χ1n) is 14.1. The van der Waals surface area contributed by atoms with E-state index in [1.54, 1.807) is 0 Å². The largest absolute Gasteiger partial charge is 0.462 e. The van der Waals surface area contributed by atoms with Crippen molar-refractivity contribution in [2.45, 2.75) is 130 Å². The molecule has 4 fully saturated rings. The highest BCUT2D eigenvalue weighted by atomic mass is 16.5. The summed E-state index contributed by atoms with van der Waals surface area (Å²) in [6.45, 7) is 13.6. The second-order valence-electron chi connectivity index (χ2n) is 13.6. The van der Waals surface area contributed by atoms with Crippen LogP contribution < -0.4 is 5.73 Å². The van der Waals surface area contributed by atoms with E-state index in [4.69, 9.17) is 10.5 Å². The van der Waals surface area contributed by atoms with Crippen molar-refractivity contribution in [1.29, 1.82) is 0 Å². The molecule has 4 aliphatic carbocycles. The number of nitrogens with two attached hydrogens (primary N) is 1. The standard InChI is InChI=1S/C29H51NO3/c1-18(2)8-7-9-19(3)23-10-11-24-22-16-26(32)29(30)17-21(33-20(4)31)12-15-28(29,6)25(22)13-14-27(23,24)5/h18-19,21-26,32H,7-17,30H2,1-6H3/t19-,21+,22+,23-,24+,25+,26-,27-,28-,29+/m1/s1. The van der Waals surface area contributed by atoms with Gasteiger partial charge in [0, 0.05) is 13.3 Å². The van der Waals surface area contributed by atoms with E-state index >= 15 is 0 Å². The summed E-state index contributed by atoms with van der Waals surface area (Å²) >= 11 is 0. The van der Waals surface area contributed by atoms with E-state index in [1.807, 2.05) is 0 Å². The highest BCUT2D eigenvalue weighted by Gasteiger charge is 2.66. The van der Waals surface area contributed by atoms with Crippen molar-refractivity contribution in [1.82, 2.24) is 0 Å². The van der Waals surface area contributed by atoms with Crippen LogP contribution in [-0.2, 0) is 9.53 Å². The van der Waals surface area contributed by atoms with Gasteiger partial charge in [-0.25, -0.2) is 0 Å². The summed E-state index contributed by atoms with van der Waals surface area (Å²) in [4.78, 5) is 11.6. The van der Waals surface area contributed by atoms with Crippen LogP contribution in [0.4, 0.5) is 0 Å². The van der Waals surface area contributed by atoms with Crippen LogP contribution in [-0.4, -0.2) is 28.8 Å². The van der Waals surface area contributed by atoms with Crippen molar-refractivity contribution in [3.8, 4) is 0 Å². The van der Waals surface area contributed by atoms with Crippen molar-refractivity contribution >= 4 is 5.97 Å². The fraction of sp³-hybridized carbons (Fsp3) is 0.966. The number of hydrogen-bond donors (Lipinski definition) is 2. The Labute approximate surface area is 202 Å². The highest BCUT2D eigenvalue weighted by molar-refractivity contribution is 5.66. The molecule has 0 aromatic heterocycles. The van der Waals surface area contributed by atoms with Gasteiger partial charge in [0.1, 0.15) is 6.10 Å². The molecule has 33 heavy (non-hydrogen) atoms. The summed E-state index contributed by atoms with van der Waals surface area (Å²) in [5.41, 5.74) is 6.79. The van der Waals surface area contributed by atoms with Crippen molar-refractivity contribution in [2.75, 3.05) is 0 Å². The summed E-state index contributed by atoms with van der Waals surface area (Å²) in [7, 11) is 0. The molecule has 0 radical (unpaired) electrons. The van der Waals surface area contributed by atoms with E-state index in [0.717, 1.165) is 42.9 Å². The SMILES string of the molecule is CC(=O)O[C@H]1CC[C@]2(C)[C@H]3CC[C@]4(C)[C@@H]([C@H](C)CCCC(C)C)CC[C@H]4[C@@H]3C[C@@H](O)[C@@]2(N)C1. The first-order chi connectivity index (χ1) is 15.4. The fourth-order valence-corrected chi connectivity index (χ4v) is 9.69. The van der Waals surface area contributed by atoms with Crippen LogP contribution in [0.5, 0.6) is 0 Å². The van der Waals surface area contributed by atoms with Gasteiger partial charge in [-0.2, -0.15) is 0 Å². The minimum atomic E-state index is -0.650. The van der Waals surface area contributed by atoms with Gasteiger partial charge in [-0.15, -0.1) is 0 Å². The summed E-state index contributed by atoms with van der Waals surface area (Å²) in [5, 5.41) is 11.5. The Morgan fingerprint density at radius 2 is 1.79 bits per heavy atom. The molecule has 4 aliphatic rings.